The molecular weight excluding hydrogens is 440 g/mol. The molecule has 1 N–H and O–H groups in total. The smallest absolute Gasteiger partial charge is 0.264 e. The fraction of sp³-hybridized carbons (Fsp3) is 0.231. The number of carbonyl (C=O) groups excluding carboxylic acids is 2. The van der Waals surface area contributed by atoms with Crippen LogP contribution in [0.15, 0.2) is 66.7 Å². The van der Waals surface area contributed by atoms with Crippen LogP contribution in [0.25, 0.3) is 0 Å². The van der Waals surface area contributed by atoms with Crippen LogP contribution >= 0.6 is 11.6 Å². The van der Waals surface area contributed by atoms with Crippen molar-refractivity contribution < 1.29 is 19.1 Å². The fourth-order valence-electron chi connectivity index (χ4n) is 3.82. The topological polar surface area (TPSA) is 67.9 Å². The Balaban J connectivity index is 1.59. The molecule has 0 unspecified atom stereocenters. The van der Waals surface area contributed by atoms with Crippen LogP contribution in [0, 0.1) is 0 Å². The second kappa shape index (κ2) is 9.96. The van der Waals surface area contributed by atoms with Crippen LogP contribution in [0.3, 0.4) is 0 Å². The molecule has 4 rings (SSSR count). The minimum atomic E-state index is -0.562. The van der Waals surface area contributed by atoms with Gasteiger partial charge in [-0.15, -0.1) is 0 Å². The largest absolute Gasteiger partial charge is 0.496 e. The van der Waals surface area contributed by atoms with Crippen molar-refractivity contribution in [3.05, 3.63) is 88.4 Å². The maximum Gasteiger partial charge on any atom is 0.264 e. The molecule has 0 radical (unpaired) electrons. The normalized spacial score (nSPS) is 15.3. The number of hydrogen-bond acceptors (Lipinski definition) is 4. The van der Waals surface area contributed by atoms with E-state index in [4.69, 9.17) is 21.1 Å². The number of nitrogens with one attached hydrogen (secondary N) is 1. The molecule has 1 heterocycles. The molecule has 0 aliphatic carbocycles. The molecule has 0 spiro atoms. The van der Waals surface area contributed by atoms with Gasteiger partial charge in [-0.3, -0.25) is 9.59 Å². The van der Waals surface area contributed by atoms with Crippen molar-refractivity contribution in [1.82, 2.24) is 4.90 Å². The third-order valence-electron chi connectivity index (χ3n) is 5.54. The van der Waals surface area contributed by atoms with Crippen LogP contribution in [0.2, 0.25) is 5.02 Å². The number of nitrogens with zero attached hydrogens (tertiary/aromatic N) is 1. The van der Waals surface area contributed by atoms with E-state index in [1.807, 2.05) is 43.3 Å². The third-order valence-corrected chi connectivity index (χ3v) is 5.80. The van der Waals surface area contributed by atoms with Gasteiger partial charge >= 0.3 is 0 Å². The van der Waals surface area contributed by atoms with Gasteiger partial charge in [0, 0.05) is 29.4 Å². The van der Waals surface area contributed by atoms with Crippen LogP contribution in [0.5, 0.6) is 11.5 Å². The minimum Gasteiger partial charge on any atom is -0.496 e. The highest BCUT2D eigenvalue weighted by molar-refractivity contribution is 6.30. The van der Waals surface area contributed by atoms with Crippen LogP contribution in [0.4, 0.5) is 5.69 Å². The number of hydrogen-bond donors (Lipinski definition) is 1. The molecule has 0 fully saturated rings. The highest BCUT2D eigenvalue weighted by atomic mass is 35.5. The Hall–Kier alpha value is -3.51. The van der Waals surface area contributed by atoms with E-state index in [1.165, 1.54) is 7.11 Å². The average Bonchev–Trinajstić information content (AvgIpc) is 2.96. The number of para-hydroxylation sites is 1. The molecule has 0 aromatic heterocycles. The Labute approximate surface area is 198 Å². The Morgan fingerprint density at radius 2 is 1.91 bits per heavy atom. The quantitative estimate of drug-likeness (QED) is 0.537. The minimum absolute atomic E-state index is 0.0664. The highest BCUT2D eigenvalue weighted by Gasteiger charge is 2.30. The predicted octanol–water partition coefficient (Wildman–Crippen LogP) is 5.30. The van der Waals surface area contributed by atoms with Crippen molar-refractivity contribution in [3.8, 4) is 11.5 Å². The van der Waals surface area contributed by atoms with E-state index in [0.29, 0.717) is 47.3 Å². The van der Waals surface area contributed by atoms with E-state index in [1.54, 1.807) is 35.2 Å². The Kier molecular flexibility index (Phi) is 6.84. The highest BCUT2D eigenvalue weighted by Crippen LogP contribution is 2.31. The number of rotatable bonds is 6. The van der Waals surface area contributed by atoms with E-state index < -0.39 is 6.10 Å². The van der Waals surface area contributed by atoms with Crippen molar-refractivity contribution in [2.45, 2.75) is 32.5 Å². The molecule has 1 atom stereocenters. The van der Waals surface area contributed by atoms with Gasteiger partial charge < -0.3 is 19.7 Å². The first-order chi connectivity index (χ1) is 16.0. The van der Waals surface area contributed by atoms with E-state index in [2.05, 4.69) is 5.32 Å². The first-order valence-electron chi connectivity index (χ1n) is 10.8. The van der Waals surface area contributed by atoms with Gasteiger partial charge in [0.2, 0.25) is 0 Å². The van der Waals surface area contributed by atoms with Gasteiger partial charge in [0.05, 0.1) is 12.7 Å². The van der Waals surface area contributed by atoms with Crippen molar-refractivity contribution in [2.24, 2.45) is 0 Å². The number of benzene rings is 3. The molecule has 7 heteroatoms. The van der Waals surface area contributed by atoms with E-state index in [0.717, 1.165) is 11.1 Å². The summed E-state index contributed by atoms with van der Waals surface area (Å²) in [7, 11) is 1.53. The average molecular weight is 465 g/mol. The summed E-state index contributed by atoms with van der Waals surface area (Å²) in [4.78, 5) is 27.7. The molecule has 0 bridgehead atoms. The molecule has 3 aromatic carbocycles. The molecule has 1 aliphatic heterocycles. The van der Waals surface area contributed by atoms with Crippen molar-refractivity contribution in [1.29, 1.82) is 0 Å². The number of anilines is 1. The molecule has 1 aliphatic rings. The zero-order valence-corrected chi connectivity index (χ0v) is 19.3. The van der Waals surface area contributed by atoms with Gasteiger partial charge in [-0.2, -0.15) is 0 Å². The van der Waals surface area contributed by atoms with E-state index in [-0.39, 0.29) is 11.8 Å². The predicted molar refractivity (Wildman–Crippen MR) is 128 cm³/mol. The van der Waals surface area contributed by atoms with Crippen molar-refractivity contribution in [2.75, 3.05) is 12.4 Å². The monoisotopic (exact) mass is 464 g/mol. The lowest BCUT2D eigenvalue weighted by Gasteiger charge is -2.23. The van der Waals surface area contributed by atoms with Gasteiger partial charge in [0.1, 0.15) is 11.5 Å². The standard InChI is InChI=1S/C26H25ClN2O4/c1-3-22-26(31)29(15-17-8-10-19(27)11-9-17)16-18-14-20(12-13-23(18)33-22)28-25(30)21-6-4-5-7-24(21)32-2/h4-14,22H,3,15-16H2,1-2H3,(H,28,30)/t22-/m0/s1. The first kappa shape index (κ1) is 22.7. The third kappa shape index (κ3) is 5.12. The zero-order chi connectivity index (χ0) is 23.4. The van der Waals surface area contributed by atoms with Crippen LogP contribution < -0.4 is 14.8 Å². The lowest BCUT2D eigenvalue weighted by molar-refractivity contribution is -0.139. The molecular formula is C26H25ClN2O4. The fourth-order valence-corrected chi connectivity index (χ4v) is 3.95. The summed E-state index contributed by atoms with van der Waals surface area (Å²) in [6, 6.07) is 19.9. The lowest BCUT2D eigenvalue weighted by atomic mass is 10.1. The van der Waals surface area contributed by atoms with Crippen LogP contribution in [-0.4, -0.2) is 29.9 Å². The van der Waals surface area contributed by atoms with Gasteiger partial charge in [-0.1, -0.05) is 42.8 Å². The number of fused-ring (bicyclic) bond motifs is 1. The van der Waals surface area contributed by atoms with Crippen molar-refractivity contribution in [3.63, 3.8) is 0 Å². The maximum absolute atomic E-state index is 13.1. The van der Waals surface area contributed by atoms with Crippen molar-refractivity contribution >= 4 is 29.1 Å². The maximum atomic E-state index is 13.1. The molecule has 0 saturated carbocycles. The lowest BCUT2D eigenvalue weighted by Crippen LogP contribution is -2.38. The number of amides is 2. The summed E-state index contributed by atoms with van der Waals surface area (Å²) in [6.07, 6.45) is -0.00521. The summed E-state index contributed by atoms with van der Waals surface area (Å²) in [6.45, 7) is 2.73. The summed E-state index contributed by atoms with van der Waals surface area (Å²) < 4.78 is 11.3. The number of halogens is 1. The second-order valence-corrected chi connectivity index (χ2v) is 8.25. The SMILES string of the molecule is CC[C@@H]1Oc2ccc(NC(=O)c3ccccc3OC)cc2CN(Cc2ccc(Cl)cc2)C1=O. The molecule has 6 nitrogen and oxygen atoms in total. The zero-order valence-electron chi connectivity index (χ0n) is 18.5. The number of carbonyl (C=O) groups is 2. The summed E-state index contributed by atoms with van der Waals surface area (Å²) in [5, 5.41) is 3.57. The number of ether oxygens (including phenoxy) is 2. The molecule has 2 amide bonds. The molecule has 0 saturated heterocycles. The molecule has 3 aromatic rings. The van der Waals surface area contributed by atoms with E-state index in [9.17, 15) is 9.59 Å². The van der Waals surface area contributed by atoms with Gasteiger partial charge in [0.15, 0.2) is 6.10 Å². The summed E-state index contributed by atoms with van der Waals surface area (Å²) in [5.74, 6) is 0.799. The number of methoxy groups -OCH3 is 1. The Morgan fingerprint density at radius 3 is 2.64 bits per heavy atom. The summed E-state index contributed by atoms with van der Waals surface area (Å²) >= 11 is 6.00. The van der Waals surface area contributed by atoms with Crippen LogP contribution in [-0.2, 0) is 17.9 Å². The second-order valence-electron chi connectivity index (χ2n) is 7.81. The first-order valence-corrected chi connectivity index (χ1v) is 11.1. The van der Waals surface area contributed by atoms with E-state index >= 15 is 0 Å². The van der Waals surface area contributed by atoms with Gasteiger partial charge in [-0.25, -0.2) is 0 Å². The van der Waals surface area contributed by atoms with Gasteiger partial charge in [0.25, 0.3) is 11.8 Å². The molecule has 170 valence electrons. The molecule has 33 heavy (non-hydrogen) atoms. The Morgan fingerprint density at radius 1 is 1.15 bits per heavy atom. The van der Waals surface area contributed by atoms with Crippen LogP contribution in [0.1, 0.15) is 34.8 Å². The Bertz CT molecular complexity index is 1160. The summed E-state index contributed by atoms with van der Waals surface area (Å²) in [5.41, 5.74) is 2.86. The van der Waals surface area contributed by atoms with Gasteiger partial charge in [-0.05, 0) is 54.4 Å².